The smallest absolute Gasteiger partial charge is 0.209 e. The molecule has 0 bridgehead atoms. The first-order valence-electron chi connectivity index (χ1n) is 4.25. The van der Waals surface area contributed by atoms with E-state index < -0.39 is 23.0 Å². The van der Waals surface area contributed by atoms with Gasteiger partial charge in [-0.2, -0.15) is 0 Å². The molecular formula is C9H11F2NO2S. The van der Waals surface area contributed by atoms with E-state index in [2.05, 4.69) is 0 Å². The first kappa shape index (κ1) is 12.4. The van der Waals surface area contributed by atoms with Crippen molar-refractivity contribution in [2.24, 2.45) is 0 Å². The molecule has 1 N–H and O–H groups in total. The summed E-state index contributed by atoms with van der Waals surface area (Å²) in [5.41, 5.74) is 0. The number of benzene rings is 1. The third kappa shape index (κ3) is 3.13. The van der Waals surface area contributed by atoms with Gasteiger partial charge in [-0.05, 0) is 6.07 Å². The molecule has 1 aromatic carbocycles. The molecule has 1 aromatic rings. The van der Waals surface area contributed by atoms with Crippen molar-refractivity contribution >= 4 is 11.4 Å². The van der Waals surface area contributed by atoms with Crippen LogP contribution in [0.15, 0.2) is 23.1 Å². The molecule has 0 aliphatic carbocycles. The summed E-state index contributed by atoms with van der Waals surface area (Å²) in [5.74, 6) is -1.56. The number of hydrogen-bond donors (Lipinski definition) is 1. The van der Waals surface area contributed by atoms with Crippen LogP contribution in [0.5, 0.6) is 0 Å². The second-order valence-corrected chi connectivity index (χ2v) is 4.46. The minimum absolute atomic E-state index is 0.0904. The van der Waals surface area contributed by atoms with Gasteiger partial charge in [0.15, 0.2) is 5.82 Å². The maximum Gasteiger partial charge on any atom is 0.209 e. The third-order valence-electron chi connectivity index (χ3n) is 1.78. The molecule has 1 atom stereocenters. The summed E-state index contributed by atoms with van der Waals surface area (Å²) in [6.45, 7) is -0.0194. The lowest BCUT2D eigenvalue weighted by atomic mass is 10.3. The lowest BCUT2D eigenvalue weighted by Crippen LogP contribution is -2.30. The van der Waals surface area contributed by atoms with Crippen molar-refractivity contribution in [1.82, 2.24) is 4.31 Å². The Morgan fingerprint density at radius 1 is 1.47 bits per heavy atom. The van der Waals surface area contributed by atoms with Gasteiger partial charge in [-0.3, -0.25) is 0 Å². The number of likely N-dealkylation sites (N-methyl/N-ethyl adjacent to an activating group) is 1. The van der Waals surface area contributed by atoms with E-state index in [1.165, 1.54) is 11.4 Å². The summed E-state index contributed by atoms with van der Waals surface area (Å²) in [6, 6.07) is 2.86. The van der Waals surface area contributed by atoms with E-state index in [0.717, 1.165) is 12.1 Å². The molecular weight excluding hydrogens is 224 g/mol. The molecule has 6 heteroatoms. The Morgan fingerprint density at radius 3 is 2.67 bits per heavy atom. The van der Waals surface area contributed by atoms with Gasteiger partial charge < -0.3 is 9.66 Å². The maximum absolute atomic E-state index is 13.2. The summed E-state index contributed by atoms with van der Waals surface area (Å²) in [7, 11) is 1.48. The normalized spacial score (nSPS) is 13.2. The zero-order valence-electron chi connectivity index (χ0n) is 8.11. The van der Waals surface area contributed by atoms with E-state index in [1.54, 1.807) is 0 Å². The molecule has 15 heavy (non-hydrogen) atoms. The minimum Gasteiger partial charge on any atom is -0.593 e. The molecule has 0 aliphatic heterocycles. The standard InChI is InChI=1S/C9H11F2NO2S/c1-12(4-5-13)15(14)9-3-2-7(10)6-8(9)11/h2-3,6,13H,4-5H2,1H3. The zero-order valence-corrected chi connectivity index (χ0v) is 8.93. The monoisotopic (exact) mass is 235 g/mol. The highest BCUT2D eigenvalue weighted by atomic mass is 32.2. The minimum atomic E-state index is -1.72. The Bertz CT molecular complexity index is 338. The Hall–Kier alpha value is -0.690. The SMILES string of the molecule is CN(CCO)[S+]([O-])c1ccc(F)cc1F. The molecule has 1 unspecified atom stereocenters. The average Bonchev–Trinajstić information content (AvgIpc) is 2.17. The van der Waals surface area contributed by atoms with Gasteiger partial charge in [0, 0.05) is 19.2 Å². The molecule has 0 saturated heterocycles. The fraction of sp³-hybridized carbons (Fsp3) is 0.333. The van der Waals surface area contributed by atoms with Crippen LogP contribution in [0.25, 0.3) is 0 Å². The average molecular weight is 235 g/mol. The van der Waals surface area contributed by atoms with Crippen LogP contribution in [0.2, 0.25) is 0 Å². The molecule has 0 fully saturated rings. The van der Waals surface area contributed by atoms with Crippen molar-refractivity contribution in [3.8, 4) is 0 Å². The fourth-order valence-electron chi connectivity index (χ4n) is 1.01. The molecule has 84 valence electrons. The van der Waals surface area contributed by atoms with Crippen molar-refractivity contribution in [1.29, 1.82) is 0 Å². The molecule has 0 heterocycles. The highest BCUT2D eigenvalue weighted by molar-refractivity contribution is 7.89. The Labute approximate surface area is 89.6 Å². The number of aliphatic hydroxyl groups is 1. The van der Waals surface area contributed by atoms with Gasteiger partial charge in [0.2, 0.25) is 4.90 Å². The quantitative estimate of drug-likeness (QED) is 0.789. The second-order valence-electron chi connectivity index (χ2n) is 2.90. The zero-order chi connectivity index (χ0) is 11.4. The van der Waals surface area contributed by atoms with Crippen molar-refractivity contribution in [3.05, 3.63) is 29.8 Å². The van der Waals surface area contributed by atoms with Gasteiger partial charge in [0.25, 0.3) is 0 Å². The first-order valence-corrected chi connectivity index (χ1v) is 5.36. The molecule has 1 rings (SSSR count). The van der Waals surface area contributed by atoms with E-state index in [-0.39, 0.29) is 18.0 Å². The molecule has 3 nitrogen and oxygen atoms in total. The van der Waals surface area contributed by atoms with Crippen LogP contribution in [-0.2, 0) is 11.4 Å². The predicted octanol–water partition coefficient (Wildman–Crippen LogP) is 0.911. The number of nitrogens with zero attached hydrogens (tertiary/aromatic N) is 1. The first-order chi connectivity index (χ1) is 7.06. The molecule has 0 spiro atoms. The van der Waals surface area contributed by atoms with E-state index in [1.807, 2.05) is 0 Å². The van der Waals surface area contributed by atoms with Crippen molar-refractivity contribution in [2.45, 2.75) is 4.90 Å². The van der Waals surface area contributed by atoms with E-state index in [0.29, 0.717) is 6.07 Å². The van der Waals surface area contributed by atoms with Crippen LogP contribution in [0, 0.1) is 11.6 Å². The lowest BCUT2D eigenvalue weighted by Gasteiger charge is -2.18. The van der Waals surface area contributed by atoms with Crippen LogP contribution in [0.3, 0.4) is 0 Å². The van der Waals surface area contributed by atoms with Crippen molar-refractivity contribution in [3.63, 3.8) is 0 Å². The summed E-state index contributed by atoms with van der Waals surface area (Å²) < 4.78 is 38.7. The topological polar surface area (TPSA) is 46.5 Å². The predicted molar refractivity (Wildman–Crippen MR) is 52.5 cm³/mol. The van der Waals surface area contributed by atoms with Crippen LogP contribution in [0.1, 0.15) is 0 Å². The third-order valence-corrected chi connectivity index (χ3v) is 3.24. The lowest BCUT2D eigenvalue weighted by molar-refractivity contribution is 0.266. The van der Waals surface area contributed by atoms with Gasteiger partial charge in [-0.15, -0.1) is 4.31 Å². The van der Waals surface area contributed by atoms with Crippen LogP contribution in [0.4, 0.5) is 8.78 Å². The number of rotatable bonds is 4. The summed E-state index contributed by atoms with van der Waals surface area (Å²) in [6.07, 6.45) is 0. The van der Waals surface area contributed by atoms with Crippen LogP contribution < -0.4 is 0 Å². The van der Waals surface area contributed by atoms with E-state index in [4.69, 9.17) is 5.11 Å². The van der Waals surface area contributed by atoms with Gasteiger partial charge in [-0.1, -0.05) is 0 Å². The number of hydrogen-bond acceptors (Lipinski definition) is 3. The number of halogens is 2. The van der Waals surface area contributed by atoms with E-state index >= 15 is 0 Å². The molecule has 0 amide bonds. The Kier molecular flexibility index (Phi) is 4.46. The van der Waals surface area contributed by atoms with Crippen molar-refractivity contribution < 1.29 is 18.4 Å². The second kappa shape index (κ2) is 5.41. The number of aliphatic hydroxyl groups excluding tert-OH is 1. The van der Waals surface area contributed by atoms with Gasteiger partial charge in [0.05, 0.1) is 24.5 Å². The summed E-state index contributed by atoms with van der Waals surface area (Å²) in [4.78, 5) is -0.0904. The highest BCUT2D eigenvalue weighted by Crippen LogP contribution is 2.18. The maximum atomic E-state index is 13.2. The fourth-order valence-corrected chi connectivity index (χ4v) is 2.00. The van der Waals surface area contributed by atoms with Gasteiger partial charge >= 0.3 is 0 Å². The van der Waals surface area contributed by atoms with Crippen LogP contribution in [-0.4, -0.2) is 34.2 Å². The van der Waals surface area contributed by atoms with E-state index in [9.17, 15) is 13.3 Å². The largest absolute Gasteiger partial charge is 0.593 e. The molecule has 0 aromatic heterocycles. The van der Waals surface area contributed by atoms with Gasteiger partial charge in [0.1, 0.15) is 5.82 Å². The molecule has 0 saturated carbocycles. The summed E-state index contributed by atoms with van der Waals surface area (Å²) in [5, 5.41) is 8.62. The Morgan fingerprint density at radius 2 is 2.13 bits per heavy atom. The molecule has 0 radical (unpaired) electrons. The molecule has 0 aliphatic rings. The van der Waals surface area contributed by atoms with Crippen molar-refractivity contribution in [2.75, 3.05) is 20.2 Å². The summed E-state index contributed by atoms with van der Waals surface area (Å²) >= 11 is -1.72. The highest BCUT2D eigenvalue weighted by Gasteiger charge is 2.22. The van der Waals surface area contributed by atoms with Gasteiger partial charge in [-0.25, -0.2) is 8.78 Å². The van der Waals surface area contributed by atoms with Crippen LogP contribution >= 0.6 is 0 Å². The Balaban J connectivity index is 2.86.